The van der Waals surface area contributed by atoms with Crippen molar-refractivity contribution in [1.29, 1.82) is 0 Å². The molecule has 0 amide bonds. The monoisotopic (exact) mass is 643 g/mol. The lowest BCUT2D eigenvalue weighted by atomic mass is 10.00. The summed E-state index contributed by atoms with van der Waals surface area (Å²) in [5.41, 5.74) is 10.3. The minimum atomic E-state index is -2.02. The molecule has 1 aliphatic rings. The highest BCUT2D eigenvalue weighted by molar-refractivity contribution is 7.05. The van der Waals surface area contributed by atoms with Gasteiger partial charge in [0.1, 0.15) is 8.07 Å². The fourth-order valence-electron chi connectivity index (χ4n) is 7.41. The van der Waals surface area contributed by atoms with Gasteiger partial charge in [0.15, 0.2) is 17.5 Å². The van der Waals surface area contributed by atoms with Crippen molar-refractivity contribution in [1.82, 2.24) is 15.0 Å². The van der Waals surface area contributed by atoms with Crippen molar-refractivity contribution in [2.45, 2.75) is 13.1 Å². The van der Waals surface area contributed by atoms with Crippen LogP contribution < -0.4 is 10.4 Å². The number of hydrogen-bond acceptors (Lipinski definition) is 3. The minimum absolute atomic E-state index is 0.663. The average Bonchev–Trinajstić information content (AvgIpc) is 3.41. The number of rotatable bonds is 5. The molecule has 49 heavy (non-hydrogen) atoms. The largest absolute Gasteiger partial charge is 0.208 e. The number of nitrogens with zero attached hydrogens (tertiary/aromatic N) is 3. The predicted molar refractivity (Wildman–Crippen MR) is 207 cm³/mol. The Morgan fingerprint density at radius 3 is 1.57 bits per heavy atom. The van der Waals surface area contributed by atoms with Crippen LogP contribution in [0.15, 0.2) is 164 Å². The molecule has 0 atom stereocenters. The van der Waals surface area contributed by atoms with Crippen molar-refractivity contribution in [3.05, 3.63) is 164 Å². The van der Waals surface area contributed by atoms with Crippen molar-refractivity contribution in [2.24, 2.45) is 0 Å². The van der Waals surface area contributed by atoms with Crippen LogP contribution in [-0.2, 0) is 0 Å². The zero-order chi connectivity index (χ0) is 33.0. The van der Waals surface area contributed by atoms with Crippen LogP contribution in [0.1, 0.15) is 0 Å². The molecule has 4 heteroatoms. The van der Waals surface area contributed by atoms with Crippen molar-refractivity contribution in [3.8, 4) is 67.5 Å². The molecule has 0 saturated heterocycles. The SMILES string of the molecule is C[Si]1(C)c2cc(-c3nc(-c4ccc(-c5ccccc5)cc4)nc(-c4cccc(-c5ccccc5)c4)n3)ccc2-c2ccc3ccccc3c21. The van der Waals surface area contributed by atoms with E-state index in [1.807, 2.05) is 12.1 Å². The van der Waals surface area contributed by atoms with Gasteiger partial charge in [0.2, 0.25) is 0 Å². The second-order valence-corrected chi connectivity index (χ2v) is 17.6. The molecule has 3 nitrogen and oxygen atoms in total. The molecule has 0 saturated carbocycles. The second kappa shape index (κ2) is 11.6. The van der Waals surface area contributed by atoms with E-state index in [2.05, 4.69) is 165 Å². The second-order valence-electron chi connectivity index (χ2n) is 13.3. The lowest BCUT2D eigenvalue weighted by Gasteiger charge is -2.21. The summed E-state index contributed by atoms with van der Waals surface area (Å²) in [6.45, 7) is 4.95. The molecule has 0 spiro atoms. The third kappa shape index (κ3) is 5.09. The van der Waals surface area contributed by atoms with Gasteiger partial charge in [-0.3, -0.25) is 0 Å². The van der Waals surface area contributed by atoms with Gasteiger partial charge in [0.05, 0.1) is 0 Å². The van der Waals surface area contributed by atoms with Gasteiger partial charge >= 0.3 is 0 Å². The van der Waals surface area contributed by atoms with Crippen molar-refractivity contribution in [3.63, 3.8) is 0 Å². The molecule has 0 radical (unpaired) electrons. The molecule has 0 unspecified atom stereocenters. The van der Waals surface area contributed by atoms with E-state index >= 15 is 0 Å². The van der Waals surface area contributed by atoms with E-state index in [1.165, 1.54) is 37.8 Å². The Kier molecular flexibility index (Phi) is 6.92. The van der Waals surface area contributed by atoms with Crippen LogP contribution in [-0.4, -0.2) is 23.0 Å². The van der Waals surface area contributed by atoms with Gasteiger partial charge in [0.25, 0.3) is 0 Å². The Hall–Kier alpha value is -5.97. The molecule has 232 valence electrons. The molecule has 1 aliphatic heterocycles. The first-order valence-electron chi connectivity index (χ1n) is 16.8. The Morgan fingerprint density at radius 1 is 0.367 bits per heavy atom. The zero-order valence-electron chi connectivity index (χ0n) is 27.4. The van der Waals surface area contributed by atoms with E-state index in [-0.39, 0.29) is 0 Å². The topological polar surface area (TPSA) is 38.7 Å². The van der Waals surface area contributed by atoms with Crippen molar-refractivity contribution in [2.75, 3.05) is 0 Å². The van der Waals surface area contributed by atoms with Crippen LogP contribution in [0.5, 0.6) is 0 Å². The maximum Gasteiger partial charge on any atom is 0.164 e. The summed E-state index contributed by atoms with van der Waals surface area (Å²) in [6.07, 6.45) is 0. The summed E-state index contributed by atoms with van der Waals surface area (Å²) in [4.78, 5) is 15.4. The van der Waals surface area contributed by atoms with Gasteiger partial charge in [0, 0.05) is 16.7 Å². The summed E-state index contributed by atoms with van der Waals surface area (Å²) in [5, 5.41) is 5.62. The van der Waals surface area contributed by atoms with Gasteiger partial charge in [-0.05, 0) is 60.6 Å². The molecule has 9 rings (SSSR count). The van der Waals surface area contributed by atoms with E-state index in [0.717, 1.165) is 33.4 Å². The Balaban J connectivity index is 1.19. The van der Waals surface area contributed by atoms with Crippen molar-refractivity contribution >= 4 is 29.2 Å². The van der Waals surface area contributed by atoms with Gasteiger partial charge in [-0.25, -0.2) is 15.0 Å². The van der Waals surface area contributed by atoms with Gasteiger partial charge < -0.3 is 0 Å². The fraction of sp³-hybridized carbons (Fsp3) is 0.0444. The Labute approximate surface area is 287 Å². The summed E-state index contributed by atoms with van der Waals surface area (Å²) >= 11 is 0. The quantitative estimate of drug-likeness (QED) is 0.175. The Bertz CT molecular complexity index is 2510. The number of benzene rings is 7. The highest BCUT2D eigenvalue weighted by atomic mass is 28.3. The normalized spacial score (nSPS) is 12.9. The van der Waals surface area contributed by atoms with Crippen molar-refractivity contribution < 1.29 is 0 Å². The first-order valence-corrected chi connectivity index (χ1v) is 19.8. The highest BCUT2D eigenvalue weighted by Crippen LogP contribution is 2.35. The third-order valence-corrected chi connectivity index (χ3v) is 13.5. The van der Waals surface area contributed by atoms with E-state index in [1.54, 1.807) is 0 Å². The van der Waals surface area contributed by atoms with Crippen LogP contribution in [0, 0.1) is 0 Å². The van der Waals surface area contributed by atoms with E-state index in [4.69, 9.17) is 15.0 Å². The van der Waals surface area contributed by atoms with Gasteiger partial charge in [-0.1, -0.05) is 171 Å². The number of fused-ring (bicyclic) bond motifs is 5. The molecule has 0 fully saturated rings. The molecule has 0 aliphatic carbocycles. The first-order chi connectivity index (χ1) is 24.0. The molecule has 1 aromatic heterocycles. The molecule has 0 N–H and O–H groups in total. The molecule has 7 aromatic carbocycles. The number of hydrogen-bond donors (Lipinski definition) is 0. The average molecular weight is 644 g/mol. The van der Waals surface area contributed by atoms with Crippen LogP contribution in [0.4, 0.5) is 0 Å². The lowest BCUT2D eigenvalue weighted by molar-refractivity contribution is 1.07. The van der Waals surface area contributed by atoms with E-state index in [0.29, 0.717) is 17.5 Å². The van der Waals surface area contributed by atoms with Gasteiger partial charge in [-0.2, -0.15) is 0 Å². The third-order valence-electron chi connectivity index (χ3n) is 9.91. The molecular formula is C45H33N3Si. The van der Waals surface area contributed by atoms with E-state index < -0.39 is 8.07 Å². The zero-order valence-corrected chi connectivity index (χ0v) is 28.4. The summed E-state index contributed by atoms with van der Waals surface area (Å²) in [7, 11) is -2.02. The smallest absolute Gasteiger partial charge is 0.164 e. The summed E-state index contributed by atoms with van der Waals surface area (Å²) in [6, 6.07) is 58.1. The fourth-order valence-corrected chi connectivity index (χ4v) is 10.9. The Morgan fingerprint density at radius 2 is 0.857 bits per heavy atom. The van der Waals surface area contributed by atoms with Crippen LogP contribution in [0.2, 0.25) is 13.1 Å². The predicted octanol–water partition coefficient (Wildman–Crippen LogP) is 10.2. The van der Waals surface area contributed by atoms with Crippen LogP contribution in [0.25, 0.3) is 78.3 Å². The van der Waals surface area contributed by atoms with Crippen LogP contribution in [0.3, 0.4) is 0 Å². The molecule has 0 bridgehead atoms. The highest BCUT2D eigenvalue weighted by Gasteiger charge is 2.39. The maximum absolute atomic E-state index is 5.16. The maximum atomic E-state index is 5.16. The summed E-state index contributed by atoms with van der Waals surface area (Å²) < 4.78 is 0. The van der Waals surface area contributed by atoms with Crippen LogP contribution >= 0.6 is 0 Å². The standard InChI is InChI=1S/C45H33N3Si/c1-49(2)41-29-37(25-26-39(41)40-27-24-33-16-9-10-19-38(33)42(40)49)45-47-43(34-22-20-32(21-23-34)30-12-5-3-6-13-30)46-44(48-45)36-18-11-17-35(28-36)31-14-7-4-8-15-31/h3-29H,1-2H3. The lowest BCUT2D eigenvalue weighted by Crippen LogP contribution is -2.49. The molecule has 8 aromatic rings. The summed E-state index contributed by atoms with van der Waals surface area (Å²) in [5.74, 6) is 2.01. The van der Waals surface area contributed by atoms with Gasteiger partial charge in [-0.15, -0.1) is 0 Å². The minimum Gasteiger partial charge on any atom is -0.208 e. The molecule has 2 heterocycles. The first kappa shape index (κ1) is 29.2. The number of aromatic nitrogens is 3. The molecular weight excluding hydrogens is 611 g/mol. The van der Waals surface area contributed by atoms with E-state index in [9.17, 15) is 0 Å².